The van der Waals surface area contributed by atoms with Crippen molar-refractivity contribution in [3.05, 3.63) is 51.7 Å². The molecular formula is C18H25NOS. The predicted octanol–water partition coefficient (Wildman–Crippen LogP) is 4.74. The molecule has 2 nitrogen and oxygen atoms in total. The first-order chi connectivity index (χ1) is 10.2. The van der Waals surface area contributed by atoms with E-state index in [4.69, 9.17) is 4.74 Å². The molecule has 3 heteroatoms. The minimum atomic E-state index is 0.349. The zero-order valence-electron chi connectivity index (χ0n) is 13.2. The van der Waals surface area contributed by atoms with Gasteiger partial charge in [-0.15, -0.1) is 11.3 Å². The van der Waals surface area contributed by atoms with Gasteiger partial charge < -0.3 is 10.1 Å². The van der Waals surface area contributed by atoms with E-state index in [1.807, 2.05) is 11.3 Å². The minimum absolute atomic E-state index is 0.349. The second-order valence-electron chi connectivity index (χ2n) is 5.37. The van der Waals surface area contributed by atoms with Crippen molar-refractivity contribution in [2.75, 3.05) is 13.7 Å². The molecule has 0 aliphatic heterocycles. The summed E-state index contributed by atoms with van der Waals surface area (Å²) in [5.41, 5.74) is 2.56. The van der Waals surface area contributed by atoms with E-state index >= 15 is 0 Å². The van der Waals surface area contributed by atoms with Crippen LogP contribution in [0.25, 0.3) is 0 Å². The van der Waals surface area contributed by atoms with E-state index in [-0.39, 0.29) is 0 Å². The van der Waals surface area contributed by atoms with Crippen molar-refractivity contribution in [1.29, 1.82) is 0 Å². The second kappa shape index (κ2) is 8.20. The van der Waals surface area contributed by atoms with E-state index in [1.165, 1.54) is 16.0 Å². The smallest absolute Gasteiger partial charge is 0.123 e. The Kier molecular flexibility index (Phi) is 6.27. The molecule has 21 heavy (non-hydrogen) atoms. The Bertz CT molecular complexity index is 536. The highest BCUT2D eigenvalue weighted by atomic mass is 32.1. The molecule has 2 rings (SSSR count). The lowest BCUT2D eigenvalue weighted by Crippen LogP contribution is -2.23. The van der Waals surface area contributed by atoms with Crippen LogP contribution >= 0.6 is 11.3 Å². The maximum atomic E-state index is 5.56. The fourth-order valence-electron chi connectivity index (χ4n) is 2.55. The van der Waals surface area contributed by atoms with Crippen LogP contribution in [-0.2, 0) is 6.42 Å². The molecule has 0 amide bonds. The number of aryl methyl sites for hydroxylation is 2. The minimum Gasteiger partial charge on any atom is -0.496 e. The van der Waals surface area contributed by atoms with E-state index in [0.717, 1.165) is 31.6 Å². The van der Waals surface area contributed by atoms with Gasteiger partial charge in [-0.25, -0.2) is 0 Å². The van der Waals surface area contributed by atoms with E-state index in [0.29, 0.717) is 6.04 Å². The summed E-state index contributed by atoms with van der Waals surface area (Å²) < 4.78 is 5.56. The Labute approximate surface area is 132 Å². The van der Waals surface area contributed by atoms with Gasteiger partial charge in [-0.05, 0) is 50.2 Å². The van der Waals surface area contributed by atoms with E-state index in [2.05, 4.69) is 54.9 Å². The van der Waals surface area contributed by atoms with Gasteiger partial charge >= 0.3 is 0 Å². The van der Waals surface area contributed by atoms with Gasteiger partial charge in [0.25, 0.3) is 0 Å². The fraction of sp³-hybridized carbons (Fsp3) is 0.444. The third-order valence-electron chi connectivity index (χ3n) is 3.66. The molecule has 1 aromatic heterocycles. The molecule has 114 valence electrons. The topological polar surface area (TPSA) is 21.3 Å². The zero-order chi connectivity index (χ0) is 15.1. The monoisotopic (exact) mass is 303 g/mol. The lowest BCUT2D eigenvalue weighted by Gasteiger charge is -2.21. The molecule has 0 spiro atoms. The van der Waals surface area contributed by atoms with Gasteiger partial charge in [-0.2, -0.15) is 0 Å². The standard InChI is InChI=1S/C18H25NOS/c1-4-11-19-17(9-8-15-6-5-12-21-15)16-13-14(2)7-10-18(16)20-3/h5-7,10,12-13,17,19H,4,8-9,11H2,1-3H3. The number of thiophene rings is 1. The van der Waals surface area contributed by atoms with Gasteiger partial charge in [0.05, 0.1) is 7.11 Å². The van der Waals surface area contributed by atoms with Gasteiger partial charge in [0, 0.05) is 16.5 Å². The van der Waals surface area contributed by atoms with Crippen molar-refractivity contribution in [1.82, 2.24) is 5.32 Å². The number of nitrogens with one attached hydrogen (secondary N) is 1. The second-order valence-corrected chi connectivity index (χ2v) is 6.40. The van der Waals surface area contributed by atoms with Gasteiger partial charge in [0.1, 0.15) is 5.75 Å². The van der Waals surface area contributed by atoms with Crippen LogP contribution in [0.1, 0.15) is 41.8 Å². The van der Waals surface area contributed by atoms with Crippen LogP contribution in [0.3, 0.4) is 0 Å². The van der Waals surface area contributed by atoms with Crippen molar-refractivity contribution in [3.63, 3.8) is 0 Å². The Morgan fingerprint density at radius 2 is 2.14 bits per heavy atom. The molecule has 1 heterocycles. The number of hydrogen-bond acceptors (Lipinski definition) is 3. The lowest BCUT2D eigenvalue weighted by molar-refractivity contribution is 0.394. The van der Waals surface area contributed by atoms with Crippen molar-refractivity contribution >= 4 is 11.3 Å². The average Bonchev–Trinajstić information content (AvgIpc) is 3.01. The first-order valence-corrected chi connectivity index (χ1v) is 8.53. The molecule has 1 unspecified atom stereocenters. The highest BCUT2D eigenvalue weighted by Gasteiger charge is 2.16. The summed E-state index contributed by atoms with van der Waals surface area (Å²) in [4.78, 5) is 1.45. The van der Waals surface area contributed by atoms with E-state index in [1.54, 1.807) is 7.11 Å². The van der Waals surface area contributed by atoms with Gasteiger partial charge in [-0.3, -0.25) is 0 Å². The Morgan fingerprint density at radius 1 is 1.29 bits per heavy atom. The number of benzene rings is 1. The van der Waals surface area contributed by atoms with Gasteiger partial charge in [0.2, 0.25) is 0 Å². The summed E-state index contributed by atoms with van der Waals surface area (Å²) in [5, 5.41) is 5.82. The molecule has 0 saturated carbocycles. The first kappa shape index (κ1) is 16.1. The van der Waals surface area contributed by atoms with Gasteiger partial charge in [-0.1, -0.05) is 30.7 Å². The fourth-order valence-corrected chi connectivity index (χ4v) is 3.28. The molecule has 2 aromatic rings. The van der Waals surface area contributed by atoms with E-state index in [9.17, 15) is 0 Å². The largest absolute Gasteiger partial charge is 0.496 e. The highest BCUT2D eigenvalue weighted by Crippen LogP contribution is 2.30. The normalized spacial score (nSPS) is 12.3. The molecule has 0 radical (unpaired) electrons. The molecule has 0 bridgehead atoms. The van der Waals surface area contributed by atoms with Crippen molar-refractivity contribution in [2.45, 2.75) is 39.2 Å². The third-order valence-corrected chi connectivity index (χ3v) is 4.60. The van der Waals surface area contributed by atoms with Crippen LogP contribution in [0.4, 0.5) is 0 Å². The van der Waals surface area contributed by atoms with Crippen LogP contribution in [0.2, 0.25) is 0 Å². The van der Waals surface area contributed by atoms with E-state index < -0.39 is 0 Å². The quantitative estimate of drug-likeness (QED) is 0.760. The maximum Gasteiger partial charge on any atom is 0.123 e. The Balaban J connectivity index is 2.16. The SMILES string of the molecule is CCCNC(CCc1cccs1)c1cc(C)ccc1OC. The Morgan fingerprint density at radius 3 is 2.81 bits per heavy atom. The molecule has 0 aliphatic rings. The van der Waals surface area contributed by atoms with Crippen LogP contribution < -0.4 is 10.1 Å². The number of ether oxygens (including phenoxy) is 1. The van der Waals surface area contributed by atoms with Crippen molar-refractivity contribution in [2.24, 2.45) is 0 Å². The highest BCUT2D eigenvalue weighted by molar-refractivity contribution is 7.09. The predicted molar refractivity (Wildman–Crippen MR) is 91.4 cm³/mol. The lowest BCUT2D eigenvalue weighted by atomic mass is 9.98. The van der Waals surface area contributed by atoms with Crippen LogP contribution in [0, 0.1) is 6.92 Å². The Hall–Kier alpha value is -1.32. The summed E-state index contributed by atoms with van der Waals surface area (Å²) in [6.45, 7) is 5.38. The van der Waals surface area contributed by atoms with Crippen LogP contribution in [0.15, 0.2) is 35.7 Å². The number of hydrogen-bond donors (Lipinski definition) is 1. The molecule has 1 N–H and O–H groups in total. The summed E-state index contributed by atoms with van der Waals surface area (Å²) in [7, 11) is 1.75. The number of rotatable bonds is 8. The van der Waals surface area contributed by atoms with Crippen LogP contribution in [0.5, 0.6) is 5.75 Å². The molecule has 0 aliphatic carbocycles. The zero-order valence-corrected chi connectivity index (χ0v) is 14.0. The summed E-state index contributed by atoms with van der Waals surface area (Å²) >= 11 is 1.84. The summed E-state index contributed by atoms with van der Waals surface area (Å²) in [5.74, 6) is 0.986. The average molecular weight is 303 g/mol. The molecular weight excluding hydrogens is 278 g/mol. The molecule has 1 aromatic carbocycles. The van der Waals surface area contributed by atoms with Crippen molar-refractivity contribution < 1.29 is 4.74 Å². The summed E-state index contributed by atoms with van der Waals surface area (Å²) in [6, 6.07) is 11.1. The van der Waals surface area contributed by atoms with Crippen molar-refractivity contribution in [3.8, 4) is 5.75 Å². The van der Waals surface area contributed by atoms with Crippen LogP contribution in [-0.4, -0.2) is 13.7 Å². The number of methoxy groups -OCH3 is 1. The molecule has 0 saturated heterocycles. The first-order valence-electron chi connectivity index (χ1n) is 7.65. The third kappa shape index (κ3) is 4.58. The maximum absolute atomic E-state index is 5.56. The molecule has 0 fully saturated rings. The molecule has 1 atom stereocenters. The summed E-state index contributed by atoms with van der Waals surface area (Å²) in [6.07, 6.45) is 3.35. The van der Waals surface area contributed by atoms with Gasteiger partial charge in [0.15, 0.2) is 0 Å².